The molecule has 0 N–H and O–H groups in total. The van der Waals surface area contributed by atoms with Gasteiger partial charge in [0.05, 0.1) is 12.1 Å². The van der Waals surface area contributed by atoms with Crippen molar-refractivity contribution >= 4 is 0 Å². The average molecular weight is 207 g/mol. The van der Waals surface area contributed by atoms with Crippen molar-refractivity contribution in [3.8, 4) is 6.07 Å². The van der Waals surface area contributed by atoms with Crippen LogP contribution in [0.25, 0.3) is 0 Å². The molecule has 0 aromatic heterocycles. The minimum atomic E-state index is 0.973. The van der Waals surface area contributed by atoms with Crippen LogP contribution < -0.4 is 0 Å². The lowest BCUT2D eigenvalue weighted by Crippen LogP contribution is -2.38. The van der Waals surface area contributed by atoms with Crippen LogP contribution in [0.2, 0.25) is 0 Å². The fraction of sp³-hybridized carbons (Fsp3) is 0.750. The highest BCUT2D eigenvalue weighted by molar-refractivity contribution is 5.12. The van der Waals surface area contributed by atoms with Crippen LogP contribution in [0.4, 0.5) is 0 Å². The van der Waals surface area contributed by atoms with Crippen LogP contribution in [0.1, 0.15) is 33.1 Å². The summed E-state index contributed by atoms with van der Waals surface area (Å²) in [4.78, 5) is 4.61. The second-order valence-corrected chi connectivity index (χ2v) is 3.85. The lowest BCUT2D eigenvalue weighted by Gasteiger charge is -2.36. The number of nitriles is 1. The second kappa shape index (κ2) is 6.34. The van der Waals surface area contributed by atoms with Gasteiger partial charge in [-0.1, -0.05) is 0 Å². The van der Waals surface area contributed by atoms with Crippen molar-refractivity contribution in [2.24, 2.45) is 0 Å². The third-order valence-corrected chi connectivity index (χ3v) is 2.96. The third kappa shape index (κ3) is 3.16. The van der Waals surface area contributed by atoms with Gasteiger partial charge in [-0.15, -0.1) is 0 Å². The van der Waals surface area contributed by atoms with Gasteiger partial charge in [0.1, 0.15) is 5.82 Å². The van der Waals surface area contributed by atoms with Crippen LogP contribution in [0.15, 0.2) is 11.9 Å². The molecule has 3 nitrogen and oxygen atoms in total. The lowest BCUT2D eigenvalue weighted by molar-refractivity contribution is 0.194. The number of likely N-dealkylation sites (tertiary alicyclic amines) is 1. The first-order valence-electron chi connectivity index (χ1n) is 5.93. The van der Waals surface area contributed by atoms with Gasteiger partial charge in [0, 0.05) is 26.2 Å². The minimum Gasteiger partial charge on any atom is -0.358 e. The average Bonchev–Trinajstić information content (AvgIpc) is 2.30. The Kier molecular flexibility index (Phi) is 5.03. The maximum absolute atomic E-state index is 8.83. The highest BCUT2D eigenvalue weighted by atomic mass is 15.3. The summed E-state index contributed by atoms with van der Waals surface area (Å²) in [6, 6.07) is 2.17. The first kappa shape index (κ1) is 11.9. The number of allylic oxidation sites excluding steroid dienone is 1. The highest BCUT2D eigenvalue weighted by Gasteiger charge is 2.16. The van der Waals surface area contributed by atoms with Crippen LogP contribution in [0, 0.1) is 11.3 Å². The van der Waals surface area contributed by atoms with Crippen molar-refractivity contribution in [1.82, 2.24) is 9.80 Å². The Labute approximate surface area is 93.0 Å². The van der Waals surface area contributed by atoms with Crippen LogP contribution in [-0.4, -0.2) is 36.0 Å². The molecule has 0 atom stereocenters. The SMILES string of the molecule is CCN(CC)/C(=C\C#N)N1CCCCC1. The molecule has 1 aliphatic rings. The number of rotatable bonds is 4. The number of hydrogen-bond acceptors (Lipinski definition) is 3. The number of hydrogen-bond donors (Lipinski definition) is 0. The fourth-order valence-corrected chi connectivity index (χ4v) is 2.11. The molecule has 1 saturated heterocycles. The van der Waals surface area contributed by atoms with Gasteiger partial charge >= 0.3 is 0 Å². The van der Waals surface area contributed by atoms with Gasteiger partial charge in [0.25, 0.3) is 0 Å². The molecule has 0 spiro atoms. The summed E-state index contributed by atoms with van der Waals surface area (Å²) in [6.45, 7) is 8.42. The molecule has 0 saturated carbocycles. The molecule has 1 heterocycles. The summed E-state index contributed by atoms with van der Waals surface area (Å²) in [5.41, 5.74) is 0. The maximum Gasteiger partial charge on any atom is 0.115 e. The van der Waals surface area contributed by atoms with Crippen molar-refractivity contribution < 1.29 is 0 Å². The number of nitrogens with zero attached hydrogens (tertiary/aromatic N) is 3. The van der Waals surface area contributed by atoms with Crippen molar-refractivity contribution in [2.75, 3.05) is 26.2 Å². The maximum atomic E-state index is 8.83. The Hall–Kier alpha value is -1.17. The largest absolute Gasteiger partial charge is 0.358 e. The van der Waals surface area contributed by atoms with Gasteiger partial charge in [0.2, 0.25) is 0 Å². The Morgan fingerprint density at radius 1 is 1.27 bits per heavy atom. The summed E-state index contributed by atoms with van der Waals surface area (Å²) in [6.07, 6.45) is 5.53. The molecule has 3 heteroatoms. The van der Waals surface area contributed by atoms with E-state index in [0.29, 0.717) is 0 Å². The molecule has 0 aromatic carbocycles. The van der Waals surface area contributed by atoms with E-state index in [1.807, 2.05) is 0 Å². The Bertz CT molecular complexity index is 242. The van der Waals surface area contributed by atoms with E-state index in [4.69, 9.17) is 5.26 Å². The first-order valence-corrected chi connectivity index (χ1v) is 5.93. The van der Waals surface area contributed by atoms with E-state index >= 15 is 0 Å². The van der Waals surface area contributed by atoms with Gasteiger partial charge in [0.15, 0.2) is 0 Å². The van der Waals surface area contributed by atoms with E-state index in [-0.39, 0.29) is 0 Å². The van der Waals surface area contributed by atoms with Gasteiger partial charge in [-0.05, 0) is 33.1 Å². The second-order valence-electron chi connectivity index (χ2n) is 3.85. The van der Waals surface area contributed by atoms with Crippen molar-refractivity contribution in [2.45, 2.75) is 33.1 Å². The van der Waals surface area contributed by atoms with Crippen LogP contribution in [0.5, 0.6) is 0 Å². The summed E-state index contributed by atoms with van der Waals surface area (Å²) in [5, 5.41) is 8.83. The summed E-state index contributed by atoms with van der Waals surface area (Å²) < 4.78 is 0. The normalized spacial score (nSPS) is 17.4. The molecule has 0 unspecified atom stereocenters. The van der Waals surface area contributed by atoms with Gasteiger partial charge in [-0.25, -0.2) is 0 Å². The van der Waals surface area contributed by atoms with Crippen LogP contribution >= 0.6 is 0 Å². The third-order valence-electron chi connectivity index (χ3n) is 2.96. The van der Waals surface area contributed by atoms with Crippen molar-refractivity contribution in [3.63, 3.8) is 0 Å². The molecule has 1 rings (SSSR count). The lowest BCUT2D eigenvalue weighted by atomic mass is 10.1. The quantitative estimate of drug-likeness (QED) is 0.662. The zero-order chi connectivity index (χ0) is 11.1. The summed E-state index contributed by atoms with van der Waals surface area (Å²) in [7, 11) is 0. The Morgan fingerprint density at radius 3 is 2.33 bits per heavy atom. The summed E-state index contributed by atoms with van der Waals surface area (Å²) >= 11 is 0. The van der Waals surface area contributed by atoms with E-state index < -0.39 is 0 Å². The van der Waals surface area contributed by atoms with Crippen LogP contribution in [0.3, 0.4) is 0 Å². The monoisotopic (exact) mass is 207 g/mol. The van der Waals surface area contributed by atoms with Crippen molar-refractivity contribution in [3.05, 3.63) is 11.9 Å². The smallest absolute Gasteiger partial charge is 0.115 e. The van der Waals surface area contributed by atoms with E-state index in [1.165, 1.54) is 19.3 Å². The molecular weight excluding hydrogens is 186 g/mol. The molecule has 1 fully saturated rings. The van der Waals surface area contributed by atoms with E-state index in [9.17, 15) is 0 Å². The molecule has 0 aliphatic carbocycles. The molecule has 0 amide bonds. The number of piperidine rings is 1. The molecule has 0 bridgehead atoms. The van der Waals surface area contributed by atoms with Crippen molar-refractivity contribution in [1.29, 1.82) is 5.26 Å². The van der Waals surface area contributed by atoms with E-state index in [1.54, 1.807) is 6.08 Å². The van der Waals surface area contributed by atoms with E-state index in [2.05, 4.69) is 29.7 Å². The summed E-state index contributed by atoms with van der Waals surface area (Å²) in [5.74, 6) is 1.11. The molecule has 0 radical (unpaired) electrons. The van der Waals surface area contributed by atoms with Gasteiger partial charge in [-0.3, -0.25) is 0 Å². The topological polar surface area (TPSA) is 30.3 Å². The Morgan fingerprint density at radius 2 is 1.87 bits per heavy atom. The fourth-order valence-electron chi connectivity index (χ4n) is 2.11. The molecule has 1 aliphatic heterocycles. The minimum absolute atomic E-state index is 0.973. The predicted octanol–water partition coefficient (Wildman–Crippen LogP) is 2.18. The zero-order valence-electron chi connectivity index (χ0n) is 9.87. The molecule has 0 aromatic rings. The standard InChI is InChI=1S/C12H21N3/c1-3-14(4-2)12(8-9-13)15-10-6-5-7-11-15/h8H,3-7,10-11H2,1-2H3/b12-8+. The molecule has 84 valence electrons. The predicted molar refractivity (Wildman–Crippen MR) is 62.0 cm³/mol. The zero-order valence-corrected chi connectivity index (χ0v) is 9.87. The van der Waals surface area contributed by atoms with Crippen LogP contribution in [-0.2, 0) is 0 Å². The van der Waals surface area contributed by atoms with E-state index in [0.717, 1.165) is 32.0 Å². The van der Waals surface area contributed by atoms with Gasteiger partial charge < -0.3 is 9.80 Å². The first-order chi connectivity index (χ1) is 7.33. The molecule has 15 heavy (non-hydrogen) atoms. The highest BCUT2D eigenvalue weighted by Crippen LogP contribution is 2.17. The molecular formula is C12H21N3. The van der Waals surface area contributed by atoms with Gasteiger partial charge in [-0.2, -0.15) is 5.26 Å². The Balaban J connectivity index is 2.72.